The van der Waals surface area contributed by atoms with Crippen LogP contribution < -0.4 is 10.1 Å². The zero-order valence-electron chi connectivity index (χ0n) is 22.5. The van der Waals surface area contributed by atoms with Crippen LogP contribution in [-0.4, -0.2) is 67.9 Å². The molecule has 0 spiro atoms. The summed E-state index contributed by atoms with van der Waals surface area (Å²) in [6, 6.07) is 7.07. The first-order chi connectivity index (χ1) is 18.7. The van der Waals surface area contributed by atoms with E-state index in [1.807, 2.05) is 18.2 Å². The Morgan fingerprint density at radius 2 is 1.66 bits per heavy atom. The van der Waals surface area contributed by atoms with Crippen LogP contribution in [0.3, 0.4) is 0 Å². The molecule has 1 aliphatic heterocycles. The van der Waals surface area contributed by atoms with E-state index in [0.29, 0.717) is 24.7 Å². The molecular formula is C29H41N7O2. The van der Waals surface area contributed by atoms with Gasteiger partial charge in [-0.05, 0) is 50.9 Å². The number of aromatic amines is 2. The van der Waals surface area contributed by atoms with Crippen LogP contribution in [0, 0.1) is 0 Å². The van der Waals surface area contributed by atoms with Gasteiger partial charge in [0.25, 0.3) is 5.91 Å². The number of hydrogen-bond donors (Lipinski definition) is 3. The Labute approximate surface area is 225 Å². The Hall–Kier alpha value is -3.17. The van der Waals surface area contributed by atoms with E-state index in [1.54, 1.807) is 36.8 Å². The highest BCUT2D eigenvalue weighted by molar-refractivity contribution is 5.94. The number of aromatic nitrogens is 4. The van der Waals surface area contributed by atoms with Crippen molar-refractivity contribution in [3.05, 3.63) is 65.8 Å². The molecule has 38 heavy (non-hydrogen) atoms. The van der Waals surface area contributed by atoms with Crippen LogP contribution in [0.4, 0.5) is 0 Å². The smallest absolute Gasteiger partial charge is 0.254 e. The first-order valence-electron chi connectivity index (χ1n) is 14.1. The van der Waals surface area contributed by atoms with Gasteiger partial charge in [-0.15, -0.1) is 0 Å². The number of rotatable bonds is 10. The third-order valence-corrected chi connectivity index (χ3v) is 8.06. The molecule has 1 aliphatic carbocycles. The fourth-order valence-corrected chi connectivity index (χ4v) is 5.88. The van der Waals surface area contributed by atoms with Gasteiger partial charge < -0.3 is 29.8 Å². The van der Waals surface area contributed by atoms with Crippen molar-refractivity contribution >= 4 is 5.91 Å². The second kappa shape index (κ2) is 13.1. The Morgan fingerprint density at radius 3 is 2.24 bits per heavy atom. The summed E-state index contributed by atoms with van der Waals surface area (Å²) >= 11 is 0. The standard InChI is InChI=1S/C29H41N7O2/c1-38-26-18-22(29(37)36(20-27-30-12-13-31-27)21-28-32-14-15-33-28)8-9-23(26)19-34-24-10-16-35(17-11-24)25-6-4-2-3-5-7-25/h8-9,12-15,18,24-25,34H,2-7,10-11,16-17,19-21H2,1H3,(H,30,31)(H,32,33). The minimum Gasteiger partial charge on any atom is -0.496 e. The zero-order chi connectivity index (χ0) is 26.2. The lowest BCUT2D eigenvalue weighted by atomic mass is 9.99. The number of carbonyl (C=O) groups excluding carboxylic acids is 1. The van der Waals surface area contributed by atoms with Gasteiger partial charge >= 0.3 is 0 Å². The van der Waals surface area contributed by atoms with Gasteiger partial charge in [-0.3, -0.25) is 4.79 Å². The third kappa shape index (κ3) is 6.82. The highest BCUT2D eigenvalue weighted by Crippen LogP contribution is 2.26. The van der Waals surface area contributed by atoms with Crippen molar-refractivity contribution in [2.75, 3.05) is 20.2 Å². The normalized spacial score (nSPS) is 17.8. The molecule has 2 aromatic heterocycles. The summed E-state index contributed by atoms with van der Waals surface area (Å²) in [4.78, 5) is 32.8. The Kier molecular flexibility index (Phi) is 9.09. The highest BCUT2D eigenvalue weighted by Gasteiger charge is 2.26. The van der Waals surface area contributed by atoms with Gasteiger partial charge in [-0.1, -0.05) is 31.7 Å². The van der Waals surface area contributed by atoms with Gasteiger partial charge in [0, 0.05) is 54.5 Å². The molecular weight excluding hydrogens is 478 g/mol. The van der Waals surface area contributed by atoms with E-state index in [1.165, 1.54) is 64.5 Å². The molecule has 3 aromatic rings. The number of piperidine rings is 1. The first-order valence-corrected chi connectivity index (χ1v) is 14.1. The molecule has 0 radical (unpaired) electrons. The number of imidazole rings is 2. The molecule has 3 N–H and O–H groups in total. The van der Waals surface area contributed by atoms with Gasteiger partial charge in [0.1, 0.15) is 17.4 Å². The summed E-state index contributed by atoms with van der Waals surface area (Å²) in [5.74, 6) is 2.09. The van der Waals surface area contributed by atoms with Crippen LogP contribution in [0.15, 0.2) is 43.0 Å². The largest absolute Gasteiger partial charge is 0.496 e. The predicted molar refractivity (Wildman–Crippen MR) is 147 cm³/mol. The van der Waals surface area contributed by atoms with Crippen LogP contribution in [0.5, 0.6) is 5.75 Å². The molecule has 3 heterocycles. The SMILES string of the molecule is COc1cc(C(=O)N(Cc2ncc[nH]2)Cc2ncc[nH]2)ccc1CNC1CCN(C2CCCCCC2)CC1. The van der Waals surface area contributed by atoms with Gasteiger partial charge in [0.2, 0.25) is 0 Å². The summed E-state index contributed by atoms with van der Waals surface area (Å²) in [5, 5.41) is 3.75. The van der Waals surface area contributed by atoms with Crippen LogP contribution in [0.25, 0.3) is 0 Å². The van der Waals surface area contributed by atoms with Crippen LogP contribution >= 0.6 is 0 Å². The molecule has 2 aliphatic rings. The molecule has 9 nitrogen and oxygen atoms in total. The number of nitrogens with zero attached hydrogens (tertiary/aromatic N) is 4. The first kappa shape index (κ1) is 26.4. The Balaban J connectivity index is 1.19. The van der Waals surface area contributed by atoms with Crippen molar-refractivity contribution in [2.45, 2.75) is 83.1 Å². The van der Waals surface area contributed by atoms with Gasteiger partial charge in [0.15, 0.2) is 0 Å². The van der Waals surface area contributed by atoms with E-state index >= 15 is 0 Å². The number of nitrogens with one attached hydrogen (secondary N) is 3. The maximum absolute atomic E-state index is 13.5. The van der Waals surface area contributed by atoms with E-state index in [2.05, 4.69) is 30.2 Å². The van der Waals surface area contributed by atoms with Crippen molar-refractivity contribution < 1.29 is 9.53 Å². The predicted octanol–water partition coefficient (Wildman–Crippen LogP) is 4.26. The summed E-state index contributed by atoms with van der Waals surface area (Å²) in [5.41, 5.74) is 1.65. The van der Waals surface area contributed by atoms with E-state index in [0.717, 1.165) is 35.5 Å². The minimum absolute atomic E-state index is 0.0958. The van der Waals surface area contributed by atoms with E-state index in [-0.39, 0.29) is 5.91 Å². The average Bonchev–Trinajstić information content (AvgIpc) is 3.60. The number of carbonyl (C=O) groups is 1. The topological polar surface area (TPSA) is 102 Å². The molecule has 1 saturated carbocycles. The Bertz CT molecular complexity index is 1080. The highest BCUT2D eigenvalue weighted by atomic mass is 16.5. The average molecular weight is 520 g/mol. The van der Waals surface area contributed by atoms with Crippen molar-refractivity contribution in [1.82, 2.24) is 35.1 Å². The van der Waals surface area contributed by atoms with Crippen LogP contribution in [0.1, 0.15) is 78.9 Å². The molecule has 1 saturated heterocycles. The van der Waals surface area contributed by atoms with Crippen LogP contribution in [0.2, 0.25) is 0 Å². The summed E-state index contributed by atoms with van der Waals surface area (Å²) < 4.78 is 5.72. The summed E-state index contributed by atoms with van der Waals surface area (Å²) in [7, 11) is 1.67. The lowest BCUT2D eigenvalue weighted by molar-refractivity contribution is 0.0721. The number of hydrogen-bond acceptors (Lipinski definition) is 6. The number of methoxy groups -OCH3 is 1. The molecule has 0 unspecified atom stereocenters. The molecule has 2 fully saturated rings. The minimum atomic E-state index is -0.0958. The lowest BCUT2D eigenvalue weighted by Crippen LogP contribution is -2.46. The molecule has 1 aromatic carbocycles. The number of likely N-dealkylation sites (tertiary alicyclic amines) is 1. The van der Waals surface area contributed by atoms with Gasteiger partial charge in [-0.25, -0.2) is 9.97 Å². The fraction of sp³-hybridized carbons (Fsp3) is 0.552. The quantitative estimate of drug-likeness (QED) is 0.346. The number of ether oxygens (including phenoxy) is 1. The molecule has 0 bridgehead atoms. The van der Waals surface area contributed by atoms with E-state index in [9.17, 15) is 4.79 Å². The number of amides is 1. The molecule has 1 amide bonds. The number of H-pyrrole nitrogens is 2. The van der Waals surface area contributed by atoms with Crippen molar-refractivity contribution in [3.8, 4) is 5.75 Å². The fourth-order valence-electron chi connectivity index (χ4n) is 5.88. The van der Waals surface area contributed by atoms with Crippen molar-refractivity contribution in [1.29, 1.82) is 0 Å². The second-order valence-corrected chi connectivity index (χ2v) is 10.6. The third-order valence-electron chi connectivity index (χ3n) is 8.06. The molecule has 0 atom stereocenters. The van der Waals surface area contributed by atoms with Crippen LogP contribution in [-0.2, 0) is 19.6 Å². The molecule has 204 valence electrons. The van der Waals surface area contributed by atoms with Crippen molar-refractivity contribution in [3.63, 3.8) is 0 Å². The molecule has 9 heteroatoms. The van der Waals surface area contributed by atoms with Crippen molar-refractivity contribution in [2.24, 2.45) is 0 Å². The summed E-state index contributed by atoms with van der Waals surface area (Å²) in [6.45, 7) is 3.83. The Morgan fingerprint density at radius 1 is 1.00 bits per heavy atom. The second-order valence-electron chi connectivity index (χ2n) is 10.6. The zero-order valence-corrected chi connectivity index (χ0v) is 22.5. The monoisotopic (exact) mass is 519 g/mol. The lowest BCUT2D eigenvalue weighted by Gasteiger charge is -2.37. The molecule has 5 rings (SSSR count). The summed E-state index contributed by atoms with van der Waals surface area (Å²) in [6.07, 6.45) is 17.6. The van der Waals surface area contributed by atoms with E-state index < -0.39 is 0 Å². The maximum Gasteiger partial charge on any atom is 0.254 e. The van der Waals surface area contributed by atoms with E-state index in [4.69, 9.17) is 4.74 Å². The van der Waals surface area contributed by atoms with Gasteiger partial charge in [-0.2, -0.15) is 0 Å². The van der Waals surface area contributed by atoms with Gasteiger partial charge in [0.05, 0.1) is 20.2 Å². The number of benzene rings is 1. The maximum atomic E-state index is 13.5.